The predicted molar refractivity (Wildman–Crippen MR) is 101 cm³/mol. The van der Waals surface area contributed by atoms with Crippen LogP contribution < -0.4 is 15.0 Å². The summed E-state index contributed by atoms with van der Waals surface area (Å²) in [6, 6.07) is 5.70. The lowest BCUT2D eigenvalue weighted by Crippen LogP contribution is -2.44. The number of ether oxygens (including phenoxy) is 2. The second-order valence-electron chi connectivity index (χ2n) is 7.52. The molecule has 1 saturated heterocycles. The van der Waals surface area contributed by atoms with E-state index in [1.54, 1.807) is 13.3 Å². The Bertz CT molecular complexity index is 780. The molecule has 1 aliphatic rings. The number of pyridine rings is 2. The molecule has 2 aromatic heterocycles. The highest BCUT2D eigenvalue weighted by Gasteiger charge is 2.25. The lowest BCUT2D eigenvalue weighted by atomic mass is 10.1. The van der Waals surface area contributed by atoms with Gasteiger partial charge in [-0.3, -0.25) is 4.98 Å². The lowest BCUT2D eigenvalue weighted by Gasteiger charge is -2.34. The van der Waals surface area contributed by atoms with Gasteiger partial charge < -0.3 is 19.7 Å². The first kappa shape index (κ1) is 18.2. The molecule has 26 heavy (non-hydrogen) atoms. The fourth-order valence-corrected chi connectivity index (χ4v) is 3.06. The molecule has 1 amide bonds. The zero-order chi connectivity index (χ0) is 18.7. The zero-order valence-corrected chi connectivity index (χ0v) is 15.8. The number of hydrogen-bond acceptors (Lipinski definition) is 6. The highest BCUT2D eigenvalue weighted by molar-refractivity contribution is 5.88. The van der Waals surface area contributed by atoms with E-state index in [1.165, 1.54) is 0 Å². The molecule has 7 nitrogen and oxygen atoms in total. The van der Waals surface area contributed by atoms with Crippen LogP contribution in [0.4, 0.5) is 10.5 Å². The molecule has 0 spiro atoms. The van der Waals surface area contributed by atoms with E-state index in [1.807, 2.05) is 39.0 Å². The molecular weight excluding hydrogens is 332 g/mol. The van der Waals surface area contributed by atoms with Crippen molar-refractivity contribution in [3.63, 3.8) is 0 Å². The molecule has 7 heteroatoms. The summed E-state index contributed by atoms with van der Waals surface area (Å²) >= 11 is 0. The summed E-state index contributed by atoms with van der Waals surface area (Å²) < 4.78 is 10.8. The van der Waals surface area contributed by atoms with E-state index in [9.17, 15) is 4.79 Å². The number of aromatic nitrogens is 2. The predicted octanol–water partition coefficient (Wildman–Crippen LogP) is 3.13. The van der Waals surface area contributed by atoms with Crippen molar-refractivity contribution in [3.05, 3.63) is 24.4 Å². The number of alkyl carbamates (subject to hydrolysis) is 1. The van der Waals surface area contributed by atoms with Gasteiger partial charge >= 0.3 is 6.09 Å². The molecule has 1 fully saturated rings. The summed E-state index contributed by atoms with van der Waals surface area (Å²) in [6.07, 6.45) is 2.95. The normalized spacial score (nSPS) is 15.8. The van der Waals surface area contributed by atoms with Crippen LogP contribution in [-0.2, 0) is 4.74 Å². The highest BCUT2D eigenvalue weighted by Crippen LogP contribution is 2.28. The largest absolute Gasteiger partial charge is 0.481 e. The summed E-state index contributed by atoms with van der Waals surface area (Å²) in [5.74, 6) is 0.573. The van der Waals surface area contributed by atoms with Gasteiger partial charge in [-0.1, -0.05) is 0 Å². The fourth-order valence-electron chi connectivity index (χ4n) is 3.06. The van der Waals surface area contributed by atoms with Crippen LogP contribution in [0.2, 0.25) is 0 Å². The average molecular weight is 358 g/mol. The number of anilines is 1. The third-order valence-electron chi connectivity index (χ3n) is 4.28. The number of nitrogens with one attached hydrogen (secondary N) is 1. The molecule has 1 aliphatic heterocycles. The molecule has 0 saturated carbocycles. The Kier molecular flexibility index (Phi) is 5.15. The first-order chi connectivity index (χ1) is 12.4. The Morgan fingerprint density at radius 1 is 1.23 bits per heavy atom. The van der Waals surface area contributed by atoms with Gasteiger partial charge in [0.2, 0.25) is 5.88 Å². The van der Waals surface area contributed by atoms with Crippen molar-refractivity contribution >= 4 is 22.8 Å². The molecule has 0 atom stereocenters. The molecular formula is C19H26N4O3. The summed E-state index contributed by atoms with van der Waals surface area (Å²) in [7, 11) is 1.61. The van der Waals surface area contributed by atoms with Crippen LogP contribution in [0.15, 0.2) is 24.4 Å². The summed E-state index contributed by atoms with van der Waals surface area (Å²) in [4.78, 5) is 23.1. The molecule has 0 aromatic carbocycles. The quantitative estimate of drug-likeness (QED) is 0.908. The second-order valence-corrected chi connectivity index (χ2v) is 7.52. The van der Waals surface area contributed by atoms with Gasteiger partial charge in [0.15, 0.2) is 0 Å². The Morgan fingerprint density at radius 3 is 2.62 bits per heavy atom. The van der Waals surface area contributed by atoms with Gasteiger partial charge in [0, 0.05) is 43.7 Å². The molecule has 2 aromatic rings. The maximum absolute atomic E-state index is 11.9. The van der Waals surface area contributed by atoms with Crippen LogP contribution >= 0.6 is 0 Å². The monoisotopic (exact) mass is 358 g/mol. The van der Waals surface area contributed by atoms with Crippen LogP contribution in [0, 0.1) is 0 Å². The number of fused-ring (bicyclic) bond motifs is 1. The average Bonchev–Trinajstić information content (AvgIpc) is 2.60. The maximum atomic E-state index is 11.9. The van der Waals surface area contributed by atoms with Gasteiger partial charge in [0.1, 0.15) is 11.6 Å². The lowest BCUT2D eigenvalue weighted by molar-refractivity contribution is 0.0777. The van der Waals surface area contributed by atoms with Crippen molar-refractivity contribution in [2.45, 2.75) is 45.3 Å². The van der Waals surface area contributed by atoms with E-state index in [4.69, 9.17) is 9.47 Å². The molecule has 0 radical (unpaired) electrons. The van der Waals surface area contributed by atoms with Crippen molar-refractivity contribution < 1.29 is 14.3 Å². The van der Waals surface area contributed by atoms with Crippen LogP contribution in [0.25, 0.3) is 11.0 Å². The minimum atomic E-state index is -0.350. The van der Waals surface area contributed by atoms with E-state index in [-0.39, 0.29) is 17.7 Å². The smallest absolute Gasteiger partial charge is 0.407 e. The van der Waals surface area contributed by atoms with Gasteiger partial charge in [-0.05, 0) is 32.9 Å². The minimum absolute atomic E-state index is 0.0656. The number of amides is 1. The number of methoxy groups -OCH3 is 1. The molecule has 0 bridgehead atoms. The molecule has 3 rings (SSSR count). The van der Waals surface area contributed by atoms with Crippen molar-refractivity contribution in [2.75, 3.05) is 25.1 Å². The zero-order valence-electron chi connectivity index (χ0n) is 15.8. The second kappa shape index (κ2) is 7.35. The fraction of sp³-hybridized carbons (Fsp3) is 0.526. The van der Waals surface area contributed by atoms with Crippen LogP contribution in [0.1, 0.15) is 33.6 Å². The number of carbonyl (C=O) groups excluding carboxylic acids is 1. The van der Waals surface area contributed by atoms with E-state index in [0.717, 1.165) is 42.7 Å². The molecule has 1 N–H and O–H groups in total. The number of carbonyl (C=O) groups is 1. The van der Waals surface area contributed by atoms with E-state index in [2.05, 4.69) is 20.2 Å². The third kappa shape index (κ3) is 4.33. The van der Waals surface area contributed by atoms with Gasteiger partial charge in [0.25, 0.3) is 0 Å². The Labute approximate surface area is 153 Å². The van der Waals surface area contributed by atoms with Crippen LogP contribution in [0.3, 0.4) is 0 Å². The number of piperidine rings is 1. The Morgan fingerprint density at radius 2 is 1.96 bits per heavy atom. The molecule has 0 aliphatic carbocycles. The summed E-state index contributed by atoms with van der Waals surface area (Å²) in [5, 5.41) is 2.84. The molecule has 3 heterocycles. The van der Waals surface area contributed by atoms with E-state index >= 15 is 0 Å². The maximum Gasteiger partial charge on any atom is 0.407 e. The van der Waals surface area contributed by atoms with Crippen molar-refractivity contribution in [1.82, 2.24) is 15.3 Å². The number of hydrogen-bond donors (Lipinski definition) is 1. The van der Waals surface area contributed by atoms with Crippen LogP contribution in [0.5, 0.6) is 5.88 Å². The van der Waals surface area contributed by atoms with Gasteiger partial charge in [0.05, 0.1) is 18.3 Å². The summed E-state index contributed by atoms with van der Waals surface area (Å²) in [6.45, 7) is 7.41. The topological polar surface area (TPSA) is 76.6 Å². The van der Waals surface area contributed by atoms with Gasteiger partial charge in [-0.2, -0.15) is 0 Å². The SMILES string of the molecule is COc1ccc2nccc(N3CCC(OC(=O)NC(C)(C)C)CC3)c2n1. The molecule has 0 unspecified atom stereocenters. The standard InChI is InChI=1S/C19H26N4O3/c1-19(2,3)22-18(24)26-13-8-11-23(12-9-13)15-7-10-20-14-5-6-16(25-4)21-17(14)15/h5-7,10,13H,8-9,11-12H2,1-4H3,(H,22,24). The Balaban J connectivity index is 1.67. The van der Waals surface area contributed by atoms with E-state index in [0.29, 0.717) is 5.88 Å². The first-order valence-electron chi connectivity index (χ1n) is 8.89. The first-order valence-corrected chi connectivity index (χ1v) is 8.89. The Hall–Kier alpha value is -2.57. The summed E-state index contributed by atoms with van der Waals surface area (Å²) in [5.41, 5.74) is 2.41. The van der Waals surface area contributed by atoms with Gasteiger partial charge in [-0.15, -0.1) is 0 Å². The van der Waals surface area contributed by atoms with Crippen molar-refractivity contribution in [2.24, 2.45) is 0 Å². The minimum Gasteiger partial charge on any atom is -0.481 e. The van der Waals surface area contributed by atoms with Crippen LogP contribution in [-0.4, -0.2) is 47.9 Å². The van der Waals surface area contributed by atoms with Gasteiger partial charge in [-0.25, -0.2) is 9.78 Å². The number of rotatable bonds is 3. The molecule has 140 valence electrons. The van der Waals surface area contributed by atoms with E-state index < -0.39 is 0 Å². The number of nitrogens with zero attached hydrogens (tertiary/aromatic N) is 3. The van der Waals surface area contributed by atoms with Crippen molar-refractivity contribution in [1.29, 1.82) is 0 Å². The van der Waals surface area contributed by atoms with Crippen molar-refractivity contribution in [3.8, 4) is 5.88 Å². The third-order valence-corrected chi connectivity index (χ3v) is 4.28. The highest BCUT2D eigenvalue weighted by atomic mass is 16.6.